The topological polar surface area (TPSA) is 20.3 Å². The van der Waals surface area contributed by atoms with Crippen molar-refractivity contribution in [2.45, 2.75) is 55.8 Å². The zero-order chi connectivity index (χ0) is 16.9. The Bertz CT molecular complexity index is 630. The highest BCUT2D eigenvalue weighted by atomic mass is 79.9. The predicted octanol–water partition coefficient (Wildman–Crippen LogP) is 4.91. The van der Waals surface area contributed by atoms with Gasteiger partial charge in [-0.2, -0.15) is 0 Å². The summed E-state index contributed by atoms with van der Waals surface area (Å²) in [5, 5.41) is 0. The number of rotatable bonds is 4. The van der Waals surface area contributed by atoms with Crippen LogP contribution in [0.25, 0.3) is 0 Å². The summed E-state index contributed by atoms with van der Waals surface area (Å²) in [6.45, 7) is 0.557. The summed E-state index contributed by atoms with van der Waals surface area (Å²) in [5.41, 5.74) is 1.19. The number of hydrogen-bond acceptors (Lipinski definition) is 1. The third kappa shape index (κ3) is 3.14. The lowest BCUT2D eigenvalue weighted by molar-refractivity contribution is -0.137. The van der Waals surface area contributed by atoms with Crippen molar-refractivity contribution in [1.82, 2.24) is 4.90 Å². The van der Waals surface area contributed by atoms with Crippen LogP contribution in [-0.4, -0.2) is 22.2 Å². The van der Waals surface area contributed by atoms with E-state index in [0.29, 0.717) is 17.3 Å². The highest BCUT2D eigenvalue weighted by Gasteiger charge is 2.57. The van der Waals surface area contributed by atoms with E-state index in [1.54, 1.807) is 12.1 Å². The van der Waals surface area contributed by atoms with Gasteiger partial charge < -0.3 is 4.90 Å². The third-order valence-electron chi connectivity index (χ3n) is 6.40. The molecular weight excluding hydrogens is 369 g/mol. The zero-order valence-corrected chi connectivity index (χ0v) is 15.8. The Kier molecular flexibility index (Phi) is 4.02. The highest BCUT2D eigenvalue weighted by Crippen LogP contribution is 2.65. The average Bonchev–Trinajstić information content (AvgIpc) is 2.46. The molecule has 130 valence electrons. The molecule has 1 amide bonds. The van der Waals surface area contributed by atoms with E-state index >= 15 is 0 Å². The van der Waals surface area contributed by atoms with Gasteiger partial charge in [0.05, 0.1) is 0 Å². The van der Waals surface area contributed by atoms with Crippen molar-refractivity contribution >= 4 is 21.8 Å². The molecular formula is C20H25BrFNO. The van der Waals surface area contributed by atoms with Gasteiger partial charge in [-0.3, -0.25) is 4.79 Å². The molecule has 0 saturated heterocycles. The van der Waals surface area contributed by atoms with E-state index in [9.17, 15) is 9.18 Å². The van der Waals surface area contributed by atoms with Gasteiger partial charge in [0, 0.05) is 24.3 Å². The van der Waals surface area contributed by atoms with Crippen LogP contribution in [0, 0.1) is 23.1 Å². The van der Waals surface area contributed by atoms with Gasteiger partial charge >= 0.3 is 0 Å². The molecule has 5 rings (SSSR count). The van der Waals surface area contributed by atoms with E-state index in [0.717, 1.165) is 23.8 Å². The van der Waals surface area contributed by atoms with E-state index in [1.165, 1.54) is 44.2 Å². The highest BCUT2D eigenvalue weighted by molar-refractivity contribution is 9.10. The van der Waals surface area contributed by atoms with Crippen LogP contribution >= 0.6 is 15.9 Å². The minimum Gasteiger partial charge on any atom is -0.341 e. The van der Waals surface area contributed by atoms with Gasteiger partial charge in [0.1, 0.15) is 5.82 Å². The second-order valence-corrected chi connectivity index (χ2v) is 10.3. The number of benzene rings is 1. The summed E-state index contributed by atoms with van der Waals surface area (Å²) in [6.07, 6.45) is 8.25. The molecule has 1 aromatic carbocycles. The number of nitrogens with zero attached hydrogens (tertiary/aromatic N) is 1. The molecule has 0 spiro atoms. The number of carbonyl (C=O) groups is 1. The lowest BCUT2D eigenvalue weighted by Crippen LogP contribution is -2.54. The first-order valence-corrected chi connectivity index (χ1v) is 9.81. The first kappa shape index (κ1) is 16.6. The Morgan fingerprint density at radius 3 is 2.42 bits per heavy atom. The van der Waals surface area contributed by atoms with Crippen molar-refractivity contribution in [3.8, 4) is 0 Å². The molecule has 0 heterocycles. The molecule has 0 aromatic heterocycles. The second kappa shape index (κ2) is 5.82. The first-order chi connectivity index (χ1) is 11.3. The molecule has 4 fully saturated rings. The Labute approximate surface area is 151 Å². The van der Waals surface area contributed by atoms with Crippen LogP contribution in [0.1, 0.15) is 50.5 Å². The molecule has 0 N–H and O–H groups in total. The summed E-state index contributed by atoms with van der Waals surface area (Å²) in [5.74, 6) is 1.61. The minimum atomic E-state index is -0.232. The van der Waals surface area contributed by atoms with Gasteiger partial charge in [-0.15, -0.1) is 0 Å². The quantitative estimate of drug-likeness (QED) is 0.665. The number of halogens is 2. The smallest absolute Gasteiger partial charge is 0.223 e. The molecule has 0 aliphatic heterocycles. The van der Waals surface area contributed by atoms with Crippen molar-refractivity contribution in [2.75, 3.05) is 7.05 Å². The van der Waals surface area contributed by atoms with Gasteiger partial charge in [0.25, 0.3) is 0 Å². The normalized spacial score (nSPS) is 36.8. The van der Waals surface area contributed by atoms with Crippen LogP contribution in [0.15, 0.2) is 24.3 Å². The largest absolute Gasteiger partial charge is 0.341 e. The molecule has 1 aromatic rings. The summed E-state index contributed by atoms with van der Waals surface area (Å²) in [4.78, 5) is 14.7. The Morgan fingerprint density at radius 2 is 1.83 bits per heavy atom. The van der Waals surface area contributed by atoms with Crippen molar-refractivity contribution < 1.29 is 9.18 Å². The van der Waals surface area contributed by atoms with Crippen molar-refractivity contribution in [3.63, 3.8) is 0 Å². The monoisotopic (exact) mass is 393 g/mol. The van der Waals surface area contributed by atoms with Crippen LogP contribution in [0.4, 0.5) is 4.39 Å². The maximum atomic E-state index is 13.0. The minimum absolute atomic E-state index is 0.210. The number of hydrogen-bond donors (Lipinski definition) is 0. The van der Waals surface area contributed by atoms with E-state index in [-0.39, 0.29) is 17.1 Å². The van der Waals surface area contributed by atoms with Crippen LogP contribution in [-0.2, 0) is 11.3 Å². The van der Waals surface area contributed by atoms with Gasteiger partial charge in [0.15, 0.2) is 0 Å². The number of carbonyl (C=O) groups excluding carboxylic acids is 1. The van der Waals surface area contributed by atoms with Crippen LogP contribution in [0.2, 0.25) is 0 Å². The van der Waals surface area contributed by atoms with Crippen LogP contribution in [0.5, 0.6) is 0 Å². The molecule has 0 radical (unpaired) electrons. The van der Waals surface area contributed by atoms with Gasteiger partial charge in [-0.05, 0) is 73.5 Å². The number of alkyl halides is 1. The first-order valence-electron chi connectivity index (χ1n) is 9.02. The number of amides is 1. The van der Waals surface area contributed by atoms with Crippen LogP contribution in [0.3, 0.4) is 0 Å². The van der Waals surface area contributed by atoms with E-state index < -0.39 is 0 Å². The summed E-state index contributed by atoms with van der Waals surface area (Å²) >= 11 is 4.02. The molecule has 4 saturated carbocycles. The van der Waals surface area contributed by atoms with Crippen LogP contribution < -0.4 is 0 Å². The Hall–Kier alpha value is -0.900. The molecule has 2 unspecified atom stereocenters. The predicted molar refractivity (Wildman–Crippen MR) is 96.3 cm³/mol. The summed E-state index contributed by atoms with van der Waals surface area (Å²) in [6, 6.07) is 6.44. The fraction of sp³-hybridized carbons (Fsp3) is 0.650. The average molecular weight is 394 g/mol. The molecule has 2 atom stereocenters. The zero-order valence-electron chi connectivity index (χ0n) is 14.2. The molecule has 2 nitrogen and oxygen atoms in total. The lowest BCUT2D eigenvalue weighted by atomic mass is 9.48. The maximum absolute atomic E-state index is 13.0. The van der Waals surface area contributed by atoms with Crippen molar-refractivity contribution in [3.05, 3.63) is 35.6 Å². The van der Waals surface area contributed by atoms with Gasteiger partial charge in [0.2, 0.25) is 5.91 Å². The van der Waals surface area contributed by atoms with E-state index in [1.807, 2.05) is 11.9 Å². The third-order valence-corrected chi connectivity index (χ3v) is 7.32. The molecule has 4 aliphatic rings. The second-order valence-electron chi connectivity index (χ2n) is 8.66. The standard InChI is InChI=1S/C20H25BrFNO/c1-23(12-14-2-4-17(22)5-3-14)18(24)11-19-7-15-6-16(8-19)10-20(21,9-15)13-19/h2-5,15-16H,6-13H2,1H3. The fourth-order valence-electron chi connectivity index (χ4n) is 5.95. The van der Waals surface area contributed by atoms with Gasteiger partial charge in [-0.1, -0.05) is 28.1 Å². The molecule has 24 heavy (non-hydrogen) atoms. The van der Waals surface area contributed by atoms with Gasteiger partial charge in [-0.25, -0.2) is 4.39 Å². The maximum Gasteiger partial charge on any atom is 0.223 e. The van der Waals surface area contributed by atoms with Crippen molar-refractivity contribution in [1.29, 1.82) is 0 Å². The summed E-state index contributed by atoms with van der Waals surface area (Å²) < 4.78 is 13.3. The fourth-order valence-corrected chi connectivity index (χ4v) is 7.46. The SMILES string of the molecule is CN(Cc1ccc(F)cc1)C(=O)CC12CC3CC(CC(Br)(C3)C1)C2. The van der Waals surface area contributed by atoms with E-state index in [4.69, 9.17) is 0 Å². The van der Waals surface area contributed by atoms with E-state index in [2.05, 4.69) is 15.9 Å². The lowest BCUT2D eigenvalue weighted by Gasteiger charge is -2.60. The molecule has 4 heteroatoms. The van der Waals surface area contributed by atoms with Crippen molar-refractivity contribution in [2.24, 2.45) is 17.3 Å². The Balaban J connectivity index is 1.43. The molecule has 4 bridgehead atoms. The summed E-state index contributed by atoms with van der Waals surface area (Å²) in [7, 11) is 1.87. The molecule has 4 aliphatic carbocycles. The Morgan fingerprint density at radius 1 is 1.21 bits per heavy atom.